The van der Waals surface area contributed by atoms with E-state index < -0.39 is 0 Å². The van der Waals surface area contributed by atoms with Crippen molar-refractivity contribution in [2.24, 2.45) is 12.8 Å². The molecule has 1 unspecified atom stereocenters. The highest BCUT2D eigenvalue weighted by Gasteiger charge is 2.17. The molecule has 15 heavy (non-hydrogen) atoms. The largest absolute Gasteiger partial charge is 0.319 e. The van der Waals surface area contributed by atoms with E-state index in [0.29, 0.717) is 0 Å². The number of rotatable bonds is 2. The van der Waals surface area contributed by atoms with Gasteiger partial charge >= 0.3 is 0 Å². The number of halogens is 1. The molecule has 0 spiro atoms. The van der Waals surface area contributed by atoms with Crippen molar-refractivity contribution in [2.45, 2.75) is 13.0 Å². The average Bonchev–Trinajstić information content (AvgIpc) is 2.71. The lowest BCUT2D eigenvalue weighted by Crippen LogP contribution is -2.11. The van der Waals surface area contributed by atoms with Crippen LogP contribution in [0.15, 0.2) is 22.1 Å². The van der Waals surface area contributed by atoms with Gasteiger partial charge in [0.15, 0.2) is 0 Å². The Morgan fingerprint density at radius 3 is 2.80 bits per heavy atom. The van der Waals surface area contributed by atoms with Gasteiger partial charge < -0.3 is 5.73 Å². The number of hydrogen-bond acceptors (Lipinski definition) is 3. The number of nitrogens with two attached hydrogens (primary N) is 1. The van der Waals surface area contributed by atoms with Gasteiger partial charge in [0.1, 0.15) is 0 Å². The number of aromatic nitrogens is 2. The number of thiophene rings is 1. The zero-order valence-corrected chi connectivity index (χ0v) is 11.0. The highest BCUT2D eigenvalue weighted by molar-refractivity contribution is 9.10. The van der Waals surface area contributed by atoms with Crippen molar-refractivity contribution in [2.75, 3.05) is 0 Å². The fourth-order valence-electron chi connectivity index (χ4n) is 1.59. The minimum Gasteiger partial charge on any atom is -0.319 e. The van der Waals surface area contributed by atoms with Gasteiger partial charge in [0, 0.05) is 28.2 Å². The Morgan fingerprint density at radius 1 is 1.60 bits per heavy atom. The SMILES string of the molecule is Cc1nn(C)cc1C(N)c1sccc1Br. The molecule has 0 bridgehead atoms. The molecular formula is C10H12BrN3S. The number of hydrogen-bond donors (Lipinski definition) is 1. The van der Waals surface area contributed by atoms with Gasteiger partial charge in [0.05, 0.1) is 11.7 Å². The standard InChI is InChI=1S/C10H12BrN3S/c1-6-7(5-14(2)13-6)9(12)10-8(11)3-4-15-10/h3-5,9H,12H2,1-2H3. The van der Waals surface area contributed by atoms with Crippen LogP contribution in [0, 0.1) is 6.92 Å². The van der Waals surface area contributed by atoms with Crippen LogP contribution in [0.1, 0.15) is 22.2 Å². The van der Waals surface area contributed by atoms with Crippen LogP contribution < -0.4 is 5.73 Å². The summed E-state index contributed by atoms with van der Waals surface area (Å²) >= 11 is 5.16. The van der Waals surface area contributed by atoms with Gasteiger partial charge in [-0.1, -0.05) is 0 Å². The monoisotopic (exact) mass is 285 g/mol. The van der Waals surface area contributed by atoms with Gasteiger partial charge in [-0.2, -0.15) is 5.10 Å². The predicted octanol–water partition coefficient (Wildman–Crippen LogP) is 2.60. The van der Waals surface area contributed by atoms with Crippen molar-refractivity contribution >= 4 is 27.3 Å². The maximum absolute atomic E-state index is 6.20. The molecule has 0 aromatic carbocycles. The van der Waals surface area contributed by atoms with Gasteiger partial charge in [-0.25, -0.2) is 0 Å². The van der Waals surface area contributed by atoms with E-state index >= 15 is 0 Å². The molecule has 0 aliphatic carbocycles. The number of nitrogens with zero attached hydrogens (tertiary/aromatic N) is 2. The van der Waals surface area contributed by atoms with Crippen LogP contribution >= 0.6 is 27.3 Å². The van der Waals surface area contributed by atoms with Gasteiger partial charge in [-0.3, -0.25) is 4.68 Å². The third-order valence-electron chi connectivity index (χ3n) is 2.31. The first kappa shape index (κ1) is 10.9. The molecule has 0 aliphatic heterocycles. The van der Waals surface area contributed by atoms with E-state index in [2.05, 4.69) is 21.0 Å². The lowest BCUT2D eigenvalue weighted by Gasteiger charge is -2.08. The second-order valence-corrected chi connectivity index (χ2v) is 5.26. The van der Waals surface area contributed by atoms with E-state index in [1.54, 1.807) is 16.0 Å². The summed E-state index contributed by atoms with van der Waals surface area (Å²) in [6, 6.07) is 1.93. The highest BCUT2D eigenvalue weighted by Crippen LogP contribution is 2.32. The van der Waals surface area contributed by atoms with Crippen molar-refractivity contribution < 1.29 is 0 Å². The van der Waals surface area contributed by atoms with Crippen LogP contribution in [-0.4, -0.2) is 9.78 Å². The third kappa shape index (κ3) is 2.00. The second-order valence-electron chi connectivity index (χ2n) is 3.45. The first-order valence-corrected chi connectivity index (χ1v) is 6.25. The molecule has 2 heterocycles. The first-order valence-electron chi connectivity index (χ1n) is 4.58. The van der Waals surface area contributed by atoms with E-state index in [1.165, 1.54) is 0 Å². The maximum atomic E-state index is 6.20. The molecule has 3 nitrogen and oxygen atoms in total. The van der Waals surface area contributed by atoms with E-state index in [4.69, 9.17) is 5.73 Å². The normalized spacial score (nSPS) is 13.1. The molecule has 2 rings (SSSR count). The minimum atomic E-state index is -0.0897. The Bertz CT molecular complexity index is 475. The molecular weight excluding hydrogens is 274 g/mol. The molecule has 0 saturated heterocycles. The molecule has 2 N–H and O–H groups in total. The van der Waals surface area contributed by atoms with Gasteiger partial charge in [-0.15, -0.1) is 11.3 Å². The summed E-state index contributed by atoms with van der Waals surface area (Å²) in [6.07, 6.45) is 1.98. The lowest BCUT2D eigenvalue weighted by molar-refractivity contribution is 0.756. The smallest absolute Gasteiger partial charge is 0.0691 e. The Hall–Kier alpha value is -0.650. The molecule has 1 atom stereocenters. The zero-order chi connectivity index (χ0) is 11.0. The van der Waals surface area contributed by atoms with Gasteiger partial charge in [-0.05, 0) is 34.3 Å². The van der Waals surface area contributed by atoms with E-state index in [1.807, 2.05) is 31.6 Å². The molecule has 80 valence electrons. The summed E-state index contributed by atoms with van der Waals surface area (Å²) in [7, 11) is 1.91. The molecule has 2 aromatic rings. The van der Waals surface area contributed by atoms with Gasteiger partial charge in [0.2, 0.25) is 0 Å². The Balaban J connectivity index is 2.40. The summed E-state index contributed by atoms with van der Waals surface area (Å²) < 4.78 is 2.87. The average molecular weight is 286 g/mol. The van der Waals surface area contributed by atoms with Crippen LogP contribution in [0.5, 0.6) is 0 Å². The fraction of sp³-hybridized carbons (Fsp3) is 0.300. The second kappa shape index (κ2) is 4.08. The van der Waals surface area contributed by atoms with Crippen molar-refractivity contribution in [3.8, 4) is 0 Å². The maximum Gasteiger partial charge on any atom is 0.0691 e. The van der Waals surface area contributed by atoms with Crippen LogP contribution in [0.2, 0.25) is 0 Å². The highest BCUT2D eigenvalue weighted by atomic mass is 79.9. The van der Waals surface area contributed by atoms with E-state index in [-0.39, 0.29) is 6.04 Å². The van der Waals surface area contributed by atoms with Crippen LogP contribution in [0.4, 0.5) is 0 Å². The van der Waals surface area contributed by atoms with Crippen molar-refractivity contribution in [3.05, 3.63) is 38.3 Å². The minimum absolute atomic E-state index is 0.0897. The van der Waals surface area contributed by atoms with Crippen molar-refractivity contribution in [3.63, 3.8) is 0 Å². The molecule has 0 saturated carbocycles. The molecule has 5 heteroatoms. The lowest BCUT2D eigenvalue weighted by atomic mass is 10.1. The summed E-state index contributed by atoms with van der Waals surface area (Å²) in [5.74, 6) is 0. The number of aryl methyl sites for hydroxylation is 2. The summed E-state index contributed by atoms with van der Waals surface area (Å²) in [6.45, 7) is 1.98. The first-order chi connectivity index (χ1) is 7.09. The van der Waals surface area contributed by atoms with E-state index in [9.17, 15) is 0 Å². The molecule has 0 radical (unpaired) electrons. The topological polar surface area (TPSA) is 43.8 Å². The molecule has 0 fully saturated rings. The Labute approximate surface area is 101 Å². The quantitative estimate of drug-likeness (QED) is 0.922. The van der Waals surface area contributed by atoms with Crippen molar-refractivity contribution in [1.29, 1.82) is 0 Å². The van der Waals surface area contributed by atoms with Crippen LogP contribution in [-0.2, 0) is 7.05 Å². The van der Waals surface area contributed by atoms with Gasteiger partial charge in [0.25, 0.3) is 0 Å². The summed E-state index contributed by atoms with van der Waals surface area (Å²) in [5.41, 5.74) is 8.28. The molecule has 0 aliphatic rings. The molecule has 0 amide bonds. The zero-order valence-electron chi connectivity index (χ0n) is 8.57. The van der Waals surface area contributed by atoms with Crippen LogP contribution in [0.25, 0.3) is 0 Å². The fourth-order valence-corrected chi connectivity index (χ4v) is 3.23. The third-order valence-corrected chi connectivity index (χ3v) is 4.27. The summed E-state index contributed by atoms with van der Waals surface area (Å²) in [4.78, 5) is 1.14. The van der Waals surface area contributed by atoms with Crippen molar-refractivity contribution in [1.82, 2.24) is 9.78 Å². The van der Waals surface area contributed by atoms with E-state index in [0.717, 1.165) is 20.6 Å². The molecule has 2 aromatic heterocycles. The Kier molecular flexibility index (Phi) is 2.95. The van der Waals surface area contributed by atoms with Crippen LogP contribution in [0.3, 0.4) is 0 Å². The Morgan fingerprint density at radius 2 is 2.33 bits per heavy atom. The predicted molar refractivity (Wildman–Crippen MR) is 66.0 cm³/mol. The summed E-state index contributed by atoms with van der Waals surface area (Å²) in [5, 5.41) is 6.33.